The summed E-state index contributed by atoms with van der Waals surface area (Å²) >= 11 is 0. The maximum atomic E-state index is 12.4. The molecule has 0 radical (unpaired) electrons. The van der Waals surface area contributed by atoms with Gasteiger partial charge in [-0.25, -0.2) is 14.8 Å². The summed E-state index contributed by atoms with van der Waals surface area (Å²) in [5, 5.41) is 20.8. The van der Waals surface area contributed by atoms with Crippen molar-refractivity contribution in [3.63, 3.8) is 0 Å². The fraction of sp³-hybridized carbons (Fsp3) is 0.250. The number of carbonyl (C=O) groups excluding carboxylic acids is 1. The number of nitrogens with zero attached hydrogens (tertiary/aromatic N) is 3. The van der Waals surface area contributed by atoms with Crippen LogP contribution in [0.4, 0.5) is 5.69 Å². The van der Waals surface area contributed by atoms with E-state index in [1.165, 1.54) is 12.3 Å². The van der Waals surface area contributed by atoms with Gasteiger partial charge in [-0.1, -0.05) is 12.1 Å². The Balaban J connectivity index is 1.76. The summed E-state index contributed by atoms with van der Waals surface area (Å²) in [5.41, 5.74) is 1.92. The Morgan fingerprint density at radius 2 is 2.00 bits per heavy atom. The van der Waals surface area contributed by atoms with Gasteiger partial charge in [-0.05, 0) is 43.2 Å². The number of aryl methyl sites for hydroxylation is 1. The van der Waals surface area contributed by atoms with Gasteiger partial charge in [0.05, 0.1) is 22.8 Å². The zero-order valence-electron chi connectivity index (χ0n) is 19.0. The molecule has 0 spiro atoms. The molecule has 1 aromatic carbocycles. The monoisotopic (exact) mass is 479 g/mol. The van der Waals surface area contributed by atoms with E-state index in [1.54, 1.807) is 31.2 Å². The number of hydrogen-bond donors (Lipinski definition) is 4. The average Bonchev–Trinajstić information content (AvgIpc) is 2.81. The number of fused-ring (bicyclic) bond motifs is 1. The summed E-state index contributed by atoms with van der Waals surface area (Å²) in [6.45, 7) is 6.39. The zero-order valence-corrected chi connectivity index (χ0v) is 19.0. The molecule has 2 aromatic heterocycles. The fourth-order valence-corrected chi connectivity index (χ4v) is 3.50. The number of H-pyrrole nitrogens is 1. The second-order valence-electron chi connectivity index (χ2n) is 7.87. The van der Waals surface area contributed by atoms with Gasteiger partial charge >= 0.3 is 11.9 Å². The second-order valence-corrected chi connectivity index (χ2v) is 7.87. The highest BCUT2D eigenvalue weighted by Gasteiger charge is 2.22. The van der Waals surface area contributed by atoms with Crippen molar-refractivity contribution in [2.45, 2.75) is 32.4 Å². The number of benzene rings is 1. The van der Waals surface area contributed by atoms with E-state index in [-0.39, 0.29) is 17.7 Å². The fourth-order valence-electron chi connectivity index (χ4n) is 3.50. The first-order valence-corrected chi connectivity index (χ1v) is 10.7. The van der Waals surface area contributed by atoms with E-state index in [9.17, 15) is 24.3 Å². The minimum absolute atomic E-state index is 0.00689. The van der Waals surface area contributed by atoms with Crippen LogP contribution in [0.25, 0.3) is 10.9 Å². The van der Waals surface area contributed by atoms with Gasteiger partial charge in [-0.3, -0.25) is 14.4 Å². The molecule has 4 N–H and O–H groups in total. The summed E-state index contributed by atoms with van der Waals surface area (Å²) in [7, 11) is 0. The first kappa shape index (κ1) is 25.1. The van der Waals surface area contributed by atoms with Crippen molar-refractivity contribution in [3.8, 4) is 0 Å². The van der Waals surface area contributed by atoms with Gasteiger partial charge in [0.15, 0.2) is 0 Å². The molecule has 2 heterocycles. The smallest absolute Gasteiger partial charge is 0.326 e. The van der Waals surface area contributed by atoms with Crippen LogP contribution in [0, 0.1) is 6.92 Å². The lowest BCUT2D eigenvalue weighted by atomic mass is 10.1. The number of nitrogens with one attached hydrogen (secondary N) is 2. The molecule has 0 fully saturated rings. The molecule has 3 rings (SSSR count). The number of pyridine rings is 1. The molecule has 11 heteroatoms. The molecule has 35 heavy (non-hydrogen) atoms. The van der Waals surface area contributed by atoms with Crippen molar-refractivity contribution >= 4 is 34.4 Å². The molecule has 0 aliphatic heterocycles. The second kappa shape index (κ2) is 11.1. The van der Waals surface area contributed by atoms with Crippen molar-refractivity contribution in [2.75, 3.05) is 11.4 Å². The van der Waals surface area contributed by atoms with Crippen LogP contribution >= 0.6 is 0 Å². The van der Waals surface area contributed by atoms with Crippen LogP contribution in [-0.4, -0.2) is 55.6 Å². The molecular formula is C24H25N5O6. The van der Waals surface area contributed by atoms with Crippen LogP contribution in [0.5, 0.6) is 0 Å². The van der Waals surface area contributed by atoms with E-state index in [1.807, 2.05) is 11.0 Å². The Morgan fingerprint density at radius 1 is 1.23 bits per heavy atom. The van der Waals surface area contributed by atoms with E-state index in [4.69, 9.17) is 5.11 Å². The summed E-state index contributed by atoms with van der Waals surface area (Å²) in [4.78, 5) is 59.8. The molecule has 3 aromatic rings. The lowest BCUT2D eigenvalue weighted by Crippen LogP contribution is -2.41. The Labute approximate surface area is 200 Å². The zero-order chi connectivity index (χ0) is 25.5. The van der Waals surface area contributed by atoms with Gasteiger partial charge in [0.1, 0.15) is 17.6 Å². The molecule has 0 saturated carbocycles. The molecule has 0 bridgehead atoms. The highest BCUT2D eigenvalue weighted by Crippen LogP contribution is 2.19. The number of rotatable bonds is 11. The number of amides is 1. The van der Waals surface area contributed by atoms with Crippen LogP contribution in [0.15, 0.2) is 54.0 Å². The quantitative estimate of drug-likeness (QED) is 0.300. The largest absolute Gasteiger partial charge is 0.481 e. The predicted octanol–water partition coefficient (Wildman–Crippen LogP) is 1.87. The topological polar surface area (TPSA) is 166 Å². The highest BCUT2D eigenvalue weighted by atomic mass is 16.4. The lowest BCUT2D eigenvalue weighted by Gasteiger charge is -2.23. The Kier molecular flexibility index (Phi) is 7.92. The van der Waals surface area contributed by atoms with Gasteiger partial charge in [0, 0.05) is 19.5 Å². The van der Waals surface area contributed by atoms with Gasteiger partial charge in [-0.15, -0.1) is 6.58 Å². The molecule has 1 amide bonds. The Bertz CT molecular complexity index is 1320. The molecule has 0 unspecified atom stereocenters. The van der Waals surface area contributed by atoms with Crippen molar-refractivity contribution in [3.05, 3.63) is 76.6 Å². The minimum Gasteiger partial charge on any atom is -0.481 e. The molecule has 1 atom stereocenters. The van der Waals surface area contributed by atoms with Crippen LogP contribution < -0.4 is 15.8 Å². The molecule has 11 nitrogen and oxygen atoms in total. The molecule has 0 aliphatic carbocycles. The average molecular weight is 479 g/mol. The molecular weight excluding hydrogens is 454 g/mol. The first-order chi connectivity index (χ1) is 16.7. The van der Waals surface area contributed by atoms with Crippen molar-refractivity contribution in [2.24, 2.45) is 0 Å². The van der Waals surface area contributed by atoms with Crippen molar-refractivity contribution in [1.82, 2.24) is 20.3 Å². The number of anilines is 1. The Morgan fingerprint density at radius 3 is 2.63 bits per heavy atom. The molecule has 182 valence electrons. The maximum absolute atomic E-state index is 12.4. The number of carbonyl (C=O) groups is 3. The Hall–Kier alpha value is -4.54. The SMILES string of the molecule is C=CCN(Cc1ccc2nc(C)[nH]c(=O)c2c1)c1ccc(C(=O)N[C@@H](CCC(=O)O)C(=O)O)nc1. The summed E-state index contributed by atoms with van der Waals surface area (Å²) in [5.74, 6) is -2.66. The molecule has 0 aliphatic rings. The van der Waals surface area contributed by atoms with Crippen LogP contribution in [0.2, 0.25) is 0 Å². The minimum atomic E-state index is -1.34. The third-order valence-electron chi connectivity index (χ3n) is 5.21. The van der Waals surface area contributed by atoms with Crippen LogP contribution in [0.1, 0.15) is 34.7 Å². The number of hydrogen-bond acceptors (Lipinski definition) is 7. The number of aromatic nitrogens is 3. The normalized spacial score (nSPS) is 11.6. The summed E-state index contributed by atoms with van der Waals surface area (Å²) in [6, 6.07) is 7.21. The van der Waals surface area contributed by atoms with Gasteiger partial charge in [-0.2, -0.15) is 0 Å². The van der Waals surface area contributed by atoms with Crippen molar-refractivity contribution < 1.29 is 24.6 Å². The van der Waals surface area contributed by atoms with Gasteiger partial charge < -0.3 is 25.4 Å². The third-order valence-corrected chi connectivity index (χ3v) is 5.21. The lowest BCUT2D eigenvalue weighted by molar-refractivity contribution is -0.140. The van der Waals surface area contributed by atoms with Crippen LogP contribution in [-0.2, 0) is 16.1 Å². The van der Waals surface area contributed by atoms with Gasteiger partial charge in [0.25, 0.3) is 11.5 Å². The van der Waals surface area contributed by atoms with E-state index < -0.39 is 30.3 Å². The van der Waals surface area contributed by atoms with E-state index in [0.717, 1.165) is 5.56 Å². The number of carboxylic acids is 2. The number of aliphatic carboxylic acids is 2. The number of aromatic amines is 1. The third kappa shape index (κ3) is 6.50. The maximum Gasteiger partial charge on any atom is 0.326 e. The highest BCUT2D eigenvalue weighted by molar-refractivity contribution is 5.95. The summed E-state index contributed by atoms with van der Waals surface area (Å²) in [6.07, 6.45) is 2.55. The van der Waals surface area contributed by atoms with Gasteiger partial charge in [0.2, 0.25) is 0 Å². The number of carboxylic acid groups (broad SMARTS) is 2. The van der Waals surface area contributed by atoms with E-state index in [0.29, 0.717) is 35.5 Å². The van der Waals surface area contributed by atoms with E-state index >= 15 is 0 Å². The van der Waals surface area contributed by atoms with Crippen molar-refractivity contribution in [1.29, 1.82) is 0 Å². The first-order valence-electron chi connectivity index (χ1n) is 10.7. The van der Waals surface area contributed by atoms with E-state index in [2.05, 4.69) is 26.8 Å². The molecule has 0 saturated heterocycles. The summed E-state index contributed by atoms with van der Waals surface area (Å²) < 4.78 is 0. The predicted molar refractivity (Wildman–Crippen MR) is 128 cm³/mol. The standard InChI is InChI=1S/C24H25N5O6/c1-3-10-29(13-15-4-6-18-17(11-15)22(32)27-14(2)26-18)16-5-7-19(25-12-16)23(33)28-20(24(34)35)8-9-21(30)31/h3-7,11-12,20H,1,8-10,13H2,2H3,(H,28,33)(H,30,31)(H,34,35)(H,26,27,32)/t20-/m0/s1. The van der Waals surface area contributed by atoms with Crippen LogP contribution in [0.3, 0.4) is 0 Å².